The number of aromatic nitrogens is 2. The van der Waals surface area contributed by atoms with Gasteiger partial charge in [-0.3, -0.25) is 0 Å². The third kappa shape index (κ3) is 4.14. The van der Waals surface area contributed by atoms with Gasteiger partial charge < -0.3 is 15.5 Å². The molecule has 1 unspecified atom stereocenters. The fourth-order valence-electron chi connectivity index (χ4n) is 2.26. The molecular formula is C14H25N5. The van der Waals surface area contributed by atoms with Gasteiger partial charge in [0.05, 0.1) is 0 Å². The van der Waals surface area contributed by atoms with Gasteiger partial charge in [0.1, 0.15) is 0 Å². The zero-order valence-corrected chi connectivity index (χ0v) is 12.2. The van der Waals surface area contributed by atoms with Gasteiger partial charge in [-0.2, -0.15) is 0 Å². The average Bonchev–Trinajstić information content (AvgIpc) is 2.41. The molecule has 106 valence electrons. The Kier molecular flexibility index (Phi) is 5.10. The molecule has 2 rings (SSSR count). The van der Waals surface area contributed by atoms with E-state index in [9.17, 15) is 0 Å². The maximum atomic E-state index is 4.35. The maximum Gasteiger partial charge on any atom is 0.222 e. The second-order valence-electron chi connectivity index (χ2n) is 5.55. The monoisotopic (exact) mass is 263 g/mol. The molecule has 0 radical (unpaired) electrons. The minimum atomic E-state index is 0.482. The summed E-state index contributed by atoms with van der Waals surface area (Å²) in [6, 6.07) is 0.608. The smallest absolute Gasteiger partial charge is 0.222 e. The van der Waals surface area contributed by atoms with Crippen LogP contribution in [-0.4, -0.2) is 54.1 Å². The summed E-state index contributed by atoms with van der Waals surface area (Å²) in [6.07, 6.45) is 4.93. The highest BCUT2D eigenvalue weighted by Crippen LogP contribution is 2.12. The molecule has 0 spiro atoms. The maximum absolute atomic E-state index is 4.35. The van der Waals surface area contributed by atoms with E-state index in [0.717, 1.165) is 38.5 Å². The van der Waals surface area contributed by atoms with Crippen molar-refractivity contribution in [3.8, 4) is 0 Å². The van der Waals surface area contributed by atoms with E-state index in [2.05, 4.69) is 46.4 Å². The Morgan fingerprint density at radius 2 is 2.16 bits per heavy atom. The van der Waals surface area contributed by atoms with E-state index >= 15 is 0 Å². The Morgan fingerprint density at radius 1 is 1.42 bits per heavy atom. The molecule has 0 saturated carbocycles. The molecule has 1 aromatic rings. The number of anilines is 1. The fraction of sp³-hybridized carbons (Fsp3) is 0.714. The standard InChI is InChI=1S/C14H25N5/c1-11(2)12-8-17-14(18-9-12)16-5-4-13-10-15-6-7-19(13)3/h8-9,11,13,15H,4-7,10H2,1-3H3,(H,16,17,18). The molecule has 5 nitrogen and oxygen atoms in total. The summed E-state index contributed by atoms with van der Waals surface area (Å²) in [5.74, 6) is 1.21. The van der Waals surface area contributed by atoms with Crippen molar-refractivity contribution in [3.05, 3.63) is 18.0 Å². The third-order valence-corrected chi connectivity index (χ3v) is 3.74. The van der Waals surface area contributed by atoms with Crippen LogP contribution < -0.4 is 10.6 Å². The molecule has 0 aliphatic carbocycles. The molecule has 19 heavy (non-hydrogen) atoms. The van der Waals surface area contributed by atoms with E-state index in [1.165, 1.54) is 5.56 Å². The fourth-order valence-corrected chi connectivity index (χ4v) is 2.26. The van der Waals surface area contributed by atoms with E-state index in [-0.39, 0.29) is 0 Å². The van der Waals surface area contributed by atoms with Crippen molar-refractivity contribution in [1.82, 2.24) is 20.2 Å². The van der Waals surface area contributed by atoms with Crippen LogP contribution in [0.5, 0.6) is 0 Å². The summed E-state index contributed by atoms with van der Waals surface area (Å²) in [7, 11) is 2.19. The number of nitrogens with zero attached hydrogens (tertiary/aromatic N) is 3. The number of hydrogen-bond acceptors (Lipinski definition) is 5. The molecular weight excluding hydrogens is 238 g/mol. The molecule has 2 heterocycles. The van der Waals surface area contributed by atoms with Crippen LogP contribution in [0.25, 0.3) is 0 Å². The van der Waals surface area contributed by atoms with Crippen LogP contribution in [0.1, 0.15) is 31.7 Å². The van der Waals surface area contributed by atoms with Crippen LogP contribution in [0.2, 0.25) is 0 Å². The molecule has 1 aliphatic rings. The minimum absolute atomic E-state index is 0.482. The van der Waals surface area contributed by atoms with E-state index in [0.29, 0.717) is 12.0 Å². The Labute approximate surface area is 115 Å². The SMILES string of the molecule is CC(C)c1cnc(NCCC2CNCCN2C)nc1. The van der Waals surface area contributed by atoms with Gasteiger partial charge in [-0.15, -0.1) is 0 Å². The van der Waals surface area contributed by atoms with Crippen molar-refractivity contribution in [1.29, 1.82) is 0 Å². The second kappa shape index (κ2) is 6.82. The second-order valence-corrected chi connectivity index (χ2v) is 5.55. The summed E-state index contributed by atoms with van der Waals surface area (Å²) in [4.78, 5) is 11.1. The van der Waals surface area contributed by atoms with E-state index in [1.807, 2.05) is 12.4 Å². The highest BCUT2D eigenvalue weighted by atomic mass is 15.2. The number of likely N-dealkylation sites (N-methyl/N-ethyl adjacent to an activating group) is 1. The summed E-state index contributed by atoms with van der Waals surface area (Å²) in [6.45, 7) is 8.52. The normalized spacial score (nSPS) is 20.7. The molecule has 1 aromatic heterocycles. The molecule has 5 heteroatoms. The van der Waals surface area contributed by atoms with Crippen molar-refractivity contribution >= 4 is 5.95 Å². The van der Waals surface area contributed by atoms with E-state index in [4.69, 9.17) is 0 Å². The van der Waals surface area contributed by atoms with Gasteiger partial charge in [0, 0.05) is 44.6 Å². The molecule has 0 aromatic carbocycles. The molecule has 1 saturated heterocycles. The lowest BCUT2D eigenvalue weighted by atomic mass is 10.1. The number of rotatable bonds is 5. The van der Waals surface area contributed by atoms with E-state index in [1.54, 1.807) is 0 Å². The van der Waals surface area contributed by atoms with Gasteiger partial charge in [0.2, 0.25) is 5.95 Å². The number of hydrogen-bond donors (Lipinski definition) is 2. The van der Waals surface area contributed by atoms with Gasteiger partial charge in [0.15, 0.2) is 0 Å². The van der Waals surface area contributed by atoms with Crippen molar-refractivity contribution in [2.45, 2.75) is 32.2 Å². The van der Waals surface area contributed by atoms with Crippen LogP contribution in [0.15, 0.2) is 12.4 Å². The van der Waals surface area contributed by atoms with Gasteiger partial charge >= 0.3 is 0 Å². The third-order valence-electron chi connectivity index (χ3n) is 3.74. The lowest BCUT2D eigenvalue weighted by Gasteiger charge is -2.33. The van der Waals surface area contributed by atoms with Crippen LogP contribution in [-0.2, 0) is 0 Å². The first kappa shape index (κ1) is 14.2. The lowest BCUT2D eigenvalue weighted by molar-refractivity contribution is 0.194. The highest BCUT2D eigenvalue weighted by molar-refractivity contribution is 5.25. The summed E-state index contributed by atoms with van der Waals surface area (Å²) < 4.78 is 0. The average molecular weight is 263 g/mol. The van der Waals surface area contributed by atoms with Crippen molar-refractivity contribution in [2.75, 3.05) is 38.5 Å². The summed E-state index contributed by atoms with van der Waals surface area (Å²) in [5, 5.41) is 6.74. The minimum Gasteiger partial charge on any atom is -0.354 e. The van der Waals surface area contributed by atoms with Crippen LogP contribution in [0, 0.1) is 0 Å². The first-order valence-electron chi connectivity index (χ1n) is 7.13. The largest absolute Gasteiger partial charge is 0.354 e. The first-order valence-corrected chi connectivity index (χ1v) is 7.13. The zero-order valence-electron chi connectivity index (χ0n) is 12.2. The lowest BCUT2D eigenvalue weighted by Crippen LogP contribution is -2.49. The van der Waals surface area contributed by atoms with Crippen molar-refractivity contribution in [2.24, 2.45) is 0 Å². The Balaban J connectivity index is 1.75. The van der Waals surface area contributed by atoms with Crippen LogP contribution in [0.4, 0.5) is 5.95 Å². The predicted molar refractivity (Wildman–Crippen MR) is 78.5 cm³/mol. The van der Waals surface area contributed by atoms with Gasteiger partial charge in [-0.05, 0) is 24.9 Å². The van der Waals surface area contributed by atoms with Gasteiger partial charge in [-0.1, -0.05) is 13.8 Å². The zero-order chi connectivity index (χ0) is 13.7. The Hall–Kier alpha value is -1.20. The van der Waals surface area contributed by atoms with Crippen LogP contribution in [0.3, 0.4) is 0 Å². The molecule has 1 aliphatic heterocycles. The summed E-state index contributed by atoms with van der Waals surface area (Å²) in [5.41, 5.74) is 1.18. The number of nitrogens with one attached hydrogen (secondary N) is 2. The molecule has 0 bridgehead atoms. The first-order chi connectivity index (χ1) is 9.16. The van der Waals surface area contributed by atoms with Crippen molar-refractivity contribution in [3.63, 3.8) is 0 Å². The Bertz CT molecular complexity index is 376. The van der Waals surface area contributed by atoms with Gasteiger partial charge in [0.25, 0.3) is 0 Å². The number of piperazine rings is 1. The van der Waals surface area contributed by atoms with E-state index < -0.39 is 0 Å². The Morgan fingerprint density at radius 3 is 2.79 bits per heavy atom. The molecule has 2 N–H and O–H groups in total. The summed E-state index contributed by atoms with van der Waals surface area (Å²) >= 11 is 0. The van der Waals surface area contributed by atoms with Crippen LogP contribution >= 0.6 is 0 Å². The molecule has 0 amide bonds. The van der Waals surface area contributed by atoms with Gasteiger partial charge in [-0.25, -0.2) is 9.97 Å². The molecule has 1 atom stereocenters. The highest BCUT2D eigenvalue weighted by Gasteiger charge is 2.17. The topological polar surface area (TPSA) is 53.1 Å². The quantitative estimate of drug-likeness (QED) is 0.839. The molecule has 1 fully saturated rings. The van der Waals surface area contributed by atoms with Crippen molar-refractivity contribution < 1.29 is 0 Å². The predicted octanol–water partition coefficient (Wildman–Crippen LogP) is 1.31.